The maximum atomic E-state index is 11.2. The Hall–Kier alpha value is -3.01. The van der Waals surface area contributed by atoms with Crippen LogP contribution in [0.25, 0.3) is 22.4 Å². The van der Waals surface area contributed by atoms with E-state index in [-0.39, 0.29) is 5.91 Å². The van der Waals surface area contributed by atoms with Crippen LogP contribution in [-0.2, 0) is 4.79 Å². The Labute approximate surface area is 141 Å². The van der Waals surface area contributed by atoms with E-state index in [1.807, 2.05) is 24.4 Å². The first-order chi connectivity index (χ1) is 11.5. The maximum Gasteiger partial charge on any atom is 0.222 e. The molecule has 0 aliphatic rings. The summed E-state index contributed by atoms with van der Waals surface area (Å²) in [6.45, 7) is 5.66. The van der Waals surface area contributed by atoms with Crippen LogP contribution in [0.3, 0.4) is 0 Å². The zero-order valence-corrected chi connectivity index (χ0v) is 14.0. The topological polar surface area (TPSA) is 54.9 Å². The van der Waals surface area contributed by atoms with Gasteiger partial charge in [-0.1, -0.05) is 23.8 Å². The van der Waals surface area contributed by atoms with Gasteiger partial charge in [0.05, 0.1) is 5.69 Å². The fraction of sp³-hybridized carbons (Fsp3) is 0.150. The summed E-state index contributed by atoms with van der Waals surface area (Å²) in [5.41, 5.74) is 6.55. The summed E-state index contributed by atoms with van der Waals surface area (Å²) in [6, 6.07) is 14.2. The van der Waals surface area contributed by atoms with E-state index in [1.165, 1.54) is 23.6 Å². The largest absolute Gasteiger partial charge is 0.311 e. The van der Waals surface area contributed by atoms with Gasteiger partial charge in [0, 0.05) is 24.9 Å². The molecule has 2 aromatic heterocycles. The SMILES string of the molecule is CC(=O)Nc1cc(-c2cc(-c3cc(C)ccc3C)ccn2)ccn1. The van der Waals surface area contributed by atoms with Crippen LogP contribution >= 0.6 is 0 Å². The molecular weight excluding hydrogens is 298 g/mol. The Morgan fingerprint density at radius 3 is 2.46 bits per heavy atom. The van der Waals surface area contributed by atoms with Crippen LogP contribution in [0.4, 0.5) is 5.82 Å². The normalized spacial score (nSPS) is 10.5. The number of anilines is 1. The number of carbonyl (C=O) groups excluding carboxylic acids is 1. The minimum absolute atomic E-state index is 0.142. The number of aromatic nitrogens is 2. The Morgan fingerprint density at radius 1 is 0.917 bits per heavy atom. The maximum absolute atomic E-state index is 11.2. The van der Waals surface area contributed by atoms with Crippen LogP contribution in [0, 0.1) is 13.8 Å². The molecule has 0 unspecified atom stereocenters. The third-order valence-corrected chi connectivity index (χ3v) is 3.82. The van der Waals surface area contributed by atoms with Crippen LogP contribution in [0.5, 0.6) is 0 Å². The molecule has 120 valence electrons. The zero-order chi connectivity index (χ0) is 17.1. The molecule has 2 heterocycles. The molecule has 3 rings (SSSR count). The Bertz CT molecular complexity index is 903. The highest BCUT2D eigenvalue weighted by molar-refractivity contribution is 5.88. The molecule has 1 amide bonds. The number of aryl methyl sites for hydroxylation is 2. The summed E-state index contributed by atoms with van der Waals surface area (Å²) in [5.74, 6) is 0.385. The van der Waals surface area contributed by atoms with E-state index in [1.54, 1.807) is 6.20 Å². The van der Waals surface area contributed by atoms with Gasteiger partial charge in [-0.2, -0.15) is 0 Å². The van der Waals surface area contributed by atoms with Crippen LogP contribution in [0.1, 0.15) is 18.1 Å². The van der Waals surface area contributed by atoms with Gasteiger partial charge in [-0.05, 0) is 54.8 Å². The number of amides is 1. The average molecular weight is 317 g/mol. The van der Waals surface area contributed by atoms with E-state index in [2.05, 4.69) is 53.4 Å². The lowest BCUT2D eigenvalue weighted by atomic mass is 9.98. The van der Waals surface area contributed by atoms with E-state index in [0.717, 1.165) is 16.8 Å². The number of carbonyl (C=O) groups is 1. The molecule has 0 atom stereocenters. The lowest BCUT2D eigenvalue weighted by Gasteiger charge is -2.10. The summed E-state index contributed by atoms with van der Waals surface area (Å²) >= 11 is 0. The first kappa shape index (κ1) is 15.9. The summed E-state index contributed by atoms with van der Waals surface area (Å²) in [4.78, 5) is 19.8. The Morgan fingerprint density at radius 2 is 1.67 bits per heavy atom. The van der Waals surface area contributed by atoms with Crippen molar-refractivity contribution in [2.75, 3.05) is 5.32 Å². The predicted octanol–water partition coefficient (Wildman–Crippen LogP) is 4.39. The molecule has 0 bridgehead atoms. The third kappa shape index (κ3) is 3.49. The first-order valence-electron chi connectivity index (χ1n) is 7.80. The van der Waals surface area contributed by atoms with Crippen molar-refractivity contribution in [2.24, 2.45) is 0 Å². The lowest BCUT2D eigenvalue weighted by Crippen LogP contribution is -2.07. The number of pyridine rings is 2. The van der Waals surface area contributed by atoms with Crippen molar-refractivity contribution in [2.45, 2.75) is 20.8 Å². The lowest BCUT2D eigenvalue weighted by molar-refractivity contribution is -0.114. The van der Waals surface area contributed by atoms with Gasteiger partial charge in [0.25, 0.3) is 0 Å². The van der Waals surface area contributed by atoms with E-state index >= 15 is 0 Å². The van der Waals surface area contributed by atoms with Gasteiger partial charge in [-0.3, -0.25) is 9.78 Å². The molecule has 0 fully saturated rings. The molecule has 0 spiro atoms. The first-order valence-corrected chi connectivity index (χ1v) is 7.80. The summed E-state index contributed by atoms with van der Waals surface area (Å²) in [7, 11) is 0. The molecule has 0 aliphatic heterocycles. The predicted molar refractivity (Wildman–Crippen MR) is 96.7 cm³/mol. The van der Waals surface area contributed by atoms with Gasteiger partial charge in [0.2, 0.25) is 5.91 Å². The molecular formula is C20H19N3O. The van der Waals surface area contributed by atoms with Crippen LogP contribution < -0.4 is 5.32 Å². The number of rotatable bonds is 3. The summed E-state index contributed by atoms with van der Waals surface area (Å²) < 4.78 is 0. The smallest absolute Gasteiger partial charge is 0.222 e. The number of nitrogens with zero attached hydrogens (tertiary/aromatic N) is 2. The number of nitrogens with one attached hydrogen (secondary N) is 1. The minimum atomic E-state index is -0.142. The highest BCUT2D eigenvalue weighted by Crippen LogP contribution is 2.28. The van der Waals surface area contributed by atoms with Gasteiger partial charge in [0.1, 0.15) is 5.82 Å². The fourth-order valence-corrected chi connectivity index (χ4v) is 2.64. The highest BCUT2D eigenvalue weighted by Gasteiger charge is 2.07. The molecule has 3 aromatic rings. The van der Waals surface area contributed by atoms with Crippen LogP contribution in [-0.4, -0.2) is 15.9 Å². The quantitative estimate of drug-likeness (QED) is 0.779. The molecule has 0 radical (unpaired) electrons. The number of hydrogen-bond acceptors (Lipinski definition) is 3. The third-order valence-electron chi connectivity index (χ3n) is 3.82. The Kier molecular flexibility index (Phi) is 4.38. The van der Waals surface area contributed by atoms with Gasteiger partial charge in [-0.15, -0.1) is 0 Å². The second-order valence-corrected chi connectivity index (χ2v) is 5.86. The molecule has 4 heteroatoms. The standard InChI is InChI=1S/C20H19N3O/c1-13-4-5-14(2)18(10-13)16-6-8-21-19(11-16)17-7-9-22-20(12-17)23-15(3)24/h4-12H,1-3H3,(H,22,23,24). The zero-order valence-electron chi connectivity index (χ0n) is 14.0. The fourth-order valence-electron chi connectivity index (χ4n) is 2.64. The van der Waals surface area contributed by atoms with Gasteiger partial charge in [-0.25, -0.2) is 4.98 Å². The molecule has 0 aliphatic carbocycles. The number of benzene rings is 1. The van der Waals surface area contributed by atoms with Crippen molar-refractivity contribution in [3.05, 3.63) is 66.0 Å². The van der Waals surface area contributed by atoms with Crippen molar-refractivity contribution in [1.29, 1.82) is 0 Å². The monoisotopic (exact) mass is 317 g/mol. The van der Waals surface area contributed by atoms with Gasteiger partial charge < -0.3 is 5.32 Å². The van der Waals surface area contributed by atoms with E-state index in [4.69, 9.17) is 0 Å². The van der Waals surface area contributed by atoms with Crippen molar-refractivity contribution in [1.82, 2.24) is 9.97 Å². The number of hydrogen-bond donors (Lipinski definition) is 1. The molecule has 1 N–H and O–H groups in total. The van der Waals surface area contributed by atoms with Crippen molar-refractivity contribution in [3.63, 3.8) is 0 Å². The van der Waals surface area contributed by atoms with Crippen LogP contribution in [0.2, 0.25) is 0 Å². The van der Waals surface area contributed by atoms with Crippen molar-refractivity contribution >= 4 is 11.7 Å². The Balaban J connectivity index is 2.02. The summed E-state index contributed by atoms with van der Waals surface area (Å²) in [5, 5.41) is 2.70. The van der Waals surface area contributed by atoms with Gasteiger partial charge >= 0.3 is 0 Å². The second kappa shape index (κ2) is 6.62. The molecule has 24 heavy (non-hydrogen) atoms. The molecule has 0 saturated heterocycles. The molecule has 1 aromatic carbocycles. The van der Waals surface area contributed by atoms with Crippen LogP contribution in [0.15, 0.2) is 54.9 Å². The van der Waals surface area contributed by atoms with Crippen molar-refractivity contribution < 1.29 is 4.79 Å². The van der Waals surface area contributed by atoms with E-state index in [0.29, 0.717) is 5.82 Å². The van der Waals surface area contributed by atoms with E-state index < -0.39 is 0 Å². The van der Waals surface area contributed by atoms with Gasteiger partial charge in [0.15, 0.2) is 0 Å². The summed E-state index contributed by atoms with van der Waals surface area (Å²) in [6.07, 6.45) is 3.48. The molecule has 4 nitrogen and oxygen atoms in total. The van der Waals surface area contributed by atoms with Crippen molar-refractivity contribution in [3.8, 4) is 22.4 Å². The highest BCUT2D eigenvalue weighted by atomic mass is 16.1. The van der Waals surface area contributed by atoms with E-state index in [9.17, 15) is 4.79 Å². The second-order valence-electron chi connectivity index (χ2n) is 5.86. The minimum Gasteiger partial charge on any atom is -0.311 e. The average Bonchev–Trinajstić information content (AvgIpc) is 2.57. The molecule has 0 saturated carbocycles.